The molecule has 128 valence electrons. The quantitative estimate of drug-likeness (QED) is 0.865. The molecule has 23 heavy (non-hydrogen) atoms. The molecule has 0 bridgehead atoms. The third kappa shape index (κ3) is 4.92. The molecular weight excluding hydrogens is 315 g/mol. The van der Waals surface area contributed by atoms with Gasteiger partial charge in [0.05, 0.1) is 0 Å². The molecule has 1 amide bonds. The molecule has 2 N–H and O–H groups in total. The van der Waals surface area contributed by atoms with E-state index in [0.717, 1.165) is 50.8 Å². The Kier molecular flexibility index (Phi) is 6.04. The molecule has 0 radical (unpaired) electrons. The molecule has 0 unspecified atom stereocenters. The summed E-state index contributed by atoms with van der Waals surface area (Å²) in [5.74, 6) is 0.165. The zero-order valence-electron chi connectivity index (χ0n) is 13.6. The third-order valence-corrected chi connectivity index (χ3v) is 5.08. The first kappa shape index (κ1) is 18.2. The van der Waals surface area contributed by atoms with E-state index in [-0.39, 0.29) is 35.5 Å². The summed E-state index contributed by atoms with van der Waals surface area (Å²) in [6, 6.07) is 7.16. The van der Waals surface area contributed by atoms with E-state index in [4.69, 9.17) is 0 Å². The molecule has 1 aliphatic heterocycles. The van der Waals surface area contributed by atoms with Crippen molar-refractivity contribution in [3.63, 3.8) is 0 Å². The summed E-state index contributed by atoms with van der Waals surface area (Å²) in [5, 5.41) is 6.54. The van der Waals surface area contributed by atoms with Crippen molar-refractivity contribution in [1.82, 2.24) is 10.6 Å². The molecule has 2 aliphatic rings. The van der Waals surface area contributed by atoms with Crippen LogP contribution >= 0.6 is 12.4 Å². The second-order valence-electron chi connectivity index (χ2n) is 7.10. The van der Waals surface area contributed by atoms with E-state index in [1.165, 1.54) is 12.1 Å². The minimum Gasteiger partial charge on any atom is -0.355 e. The van der Waals surface area contributed by atoms with Gasteiger partial charge in [-0.1, -0.05) is 12.1 Å². The van der Waals surface area contributed by atoms with Gasteiger partial charge in [0, 0.05) is 18.5 Å². The zero-order valence-corrected chi connectivity index (χ0v) is 14.4. The standard InChI is InChI=1S/C18H25FN2O.ClH/c1-13-10-15(6-9-20-13)17(22)21-12-18(7-8-18)11-14-2-4-16(19)5-3-14;/h2-5,13,15,20H,6-12H2,1H3,(H,21,22);1H/t13-,15-;/m0./s1. The molecule has 0 aromatic heterocycles. The van der Waals surface area contributed by atoms with Gasteiger partial charge in [-0.3, -0.25) is 4.79 Å². The lowest BCUT2D eigenvalue weighted by Gasteiger charge is -2.28. The van der Waals surface area contributed by atoms with Crippen molar-refractivity contribution in [3.05, 3.63) is 35.6 Å². The lowest BCUT2D eigenvalue weighted by molar-refractivity contribution is -0.126. The highest BCUT2D eigenvalue weighted by Crippen LogP contribution is 2.47. The van der Waals surface area contributed by atoms with E-state index in [1.54, 1.807) is 0 Å². The minimum atomic E-state index is -0.193. The number of benzene rings is 1. The molecule has 2 fully saturated rings. The highest BCUT2D eigenvalue weighted by Gasteiger charge is 2.43. The average molecular weight is 341 g/mol. The van der Waals surface area contributed by atoms with E-state index < -0.39 is 0 Å². The van der Waals surface area contributed by atoms with Crippen LogP contribution in [0.4, 0.5) is 4.39 Å². The number of hydrogen-bond donors (Lipinski definition) is 2. The fourth-order valence-electron chi connectivity index (χ4n) is 3.42. The van der Waals surface area contributed by atoms with Crippen molar-refractivity contribution < 1.29 is 9.18 Å². The SMILES string of the molecule is C[C@H]1C[C@@H](C(=O)NCC2(Cc3ccc(F)cc3)CC2)CCN1.Cl. The first-order chi connectivity index (χ1) is 10.6. The van der Waals surface area contributed by atoms with E-state index in [9.17, 15) is 9.18 Å². The summed E-state index contributed by atoms with van der Waals surface area (Å²) in [6.07, 6.45) is 5.08. The van der Waals surface area contributed by atoms with E-state index in [2.05, 4.69) is 17.6 Å². The summed E-state index contributed by atoms with van der Waals surface area (Å²) in [4.78, 5) is 12.3. The normalized spacial score (nSPS) is 25.3. The topological polar surface area (TPSA) is 41.1 Å². The van der Waals surface area contributed by atoms with Crippen LogP contribution in [-0.4, -0.2) is 25.0 Å². The number of halogens is 2. The Morgan fingerprint density at radius 1 is 1.35 bits per heavy atom. The first-order valence-electron chi connectivity index (χ1n) is 8.32. The van der Waals surface area contributed by atoms with Crippen molar-refractivity contribution in [2.75, 3.05) is 13.1 Å². The number of hydrogen-bond acceptors (Lipinski definition) is 2. The van der Waals surface area contributed by atoms with Gasteiger partial charge in [0.25, 0.3) is 0 Å². The average Bonchev–Trinajstić information content (AvgIpc) is 3.27. The van der Waals surface area contributed by atoms with Gasteiger partial charge in [-0.25, -0.2) is 4.39 Å². The summed E-state index contributed by atoms with van der Waals surface area (Å²) >= 11 is 0. The molecule has 2 atom stereocenters. The van der Waals surface area contributed by atoms with Crippen LogP contribution in [0.15, 0.2) is 24.3 Å². The van der Waals surface area contributed by atoms with Crippen LogP contribution in [-0.2, 0) is 11.2 Å². The number of rotatable bonds is 5. The Morgan fingerprint density at radius 2 is 2.04 bits per heavy atom. The number of carbonyl (C=O) groups is 1. The summed E-state index contributed by atoms with van der Waals surface area (Å²) in [5.41, 5.74) is 1.36. The van der Waals surface area contributed by atoms with Gasteiger partial charge >= 0.3 is 0 Å². The molecule has 3 rings (SSSR count). The Hall–Kier alpha value is -1.13. The van der Waals surface area contributed by atoms with Gasteiger partial charge in [-0.05, 0) is 68.7 Å². The van der Waals surface area contributed by atoms with Crippen molar-refractivity contribution in [2.45, 2.75) is 45.1 Å². The highest BCUT2D eigenvalue weighted by molar-refractivity contribution is 5.85. The predicted octanol–water partition coefficient (Wildman–Crippen LogP) is 3.07. The maximum absolute atomic E-state index is 13.0. The van der Waals surface area contributed by atoms with Gasteiger partial charge in [-0.15, -0.1) is 12.4 Å². The van der Waals surface area contributed by atoms with Crippen molar-refractivity contribution in [1.29, 1.82) is 0 Å². The van der Waals surface area contributed by atoms with E-state index >= 15 is 0 Å². The fraction of sp³-hybridized carbons (Fsp3) is 0.611. The van der Waals surface area contributed by atoms with Crippen LogP contribution in [0.5, 0.6) is 0 Å². The number of piperidine rings is 1. The summed E-state index contributed by atoms with van der Waals surface area (Å²) in [7, 11) is 0. The first-order valence-corrected chi connectivity index (χ1v) is 8.32. The number of amides is 1. The van der Waals surface area contributed by atoms with E-state index in [0.29, 0.717) is 6.04 Å². The summed E-state index contributed by atoms with van der Waals surface area (Å²) < 4.78 is 13.0. The maximum Gasteiger partial charge on any atom is 0.223 e. The lowest BCUT2D eigenvalue weighted by atomic mass is 9.91. The molecule has 1 aromatic carbocycles. The van der Waals surface area contributed by atoms with Gasteiger partial charge in [0.1, 0.15) is 5.82 Å². The maximum atomic E-state index is 13.0. The Bertz CT molecular complexity index is 530. The van der Waals surface area contributed by atoms with Crippen LogP contribution in [0.3, 0.4) is 0 Å². The van der Waals surface area contributed by atoms with Crippen LogP contribution < -0.4 is 10.6 Å². The monoisotopic (exact) mass is 340 g/mol. The van der Waals surface area contributed by atoms with Crippen molar-refractivity contribution >= 4 is 18.3 Å². The zero-order chi connectivity index (χ0) is 15.6. The molecule has 1 saturated carbocycles. The molecule has 5 heteroatoms. The van der Waals surface area contributed by atoms with Crippen LogP contribution in [0.2, 0.25) is 0 Å². The van der Waals surface area contributed by atoms with Gasteiger partial charge < -0.3 is 10.6 Å². The largest absolute Gasteiger partial charge is 0.355 e. The van der Waals surface area contributed by atoms with Crippen LogP contribution in [0, 0.1) is 17.2 Å². The number of carbonyl (C=O) groups excluding carboxylic acids is 1. The van der Waals surface area contributed by atoms with E-state index in [1.807, 2.05) is 12.1 Å². The minimum absolute atomic E-state index is 0. The smallest absolute Gasteiger partial charge is 0.223 e. The second kappa shape index (κ2) is 7.63. The lowest BCUT2D eigenvalue weighted by Crippen LogP contribution is -2.43. The van der Waals surface area contributed by atoms with Crippen LogP contribution in [0.25, 0.3) is 0 Å². The molecule has 1 heterocycles. The Labute approximate surface area is 143 Å². The molecule has 0 spiro atoms. The molecule has 1 aromatic rings. The predicted molar refractivity (Wildman–Crippen MR) is 92.2 cm³/mol. The molecule has 1 saturated heterocycles. The fourth-order valence-corrected chi connectivity index (χ4v) is 3.42. The van der Waals surface area contributed by atoms with Crippen molar-refractivity contribution in [2.24, 2.45) is 11.3 Å². The van der Waals surface area contributed by atoms with Gasteiger partial charge in [0.15, 0.2) is 0 Å². The summed E-state index contributed by atoms with van der Waals surface area (Å²) in [6.45, 7) is 3.82. The molecule has 1 aliphatic carbocycles. The van der Waals surface area contributed by atoms with Crippen LogP contribution in [0.1, 0.15) is 38.2 Å². The number of nitrogens with one attached hydrogen (secondary N) is 2. The van der Waals surface area contributed by atoms with Crippen molar-refractivity contribution in [3.8, 4) is 0 Å². The highest BCUT2D eigenvalue weighted by atomic mass is 35.5. The third-order valence-electron chi connectivity index (χ3n) is 5.08. The van der Waals surface area contributed by atoms with Gasteiger partial charge in [0.2, 0.25) is 5.91 Å². The molecular formula is C18H26ClFN2O. The van der Waals surface area contributed by atoms with Gasteiger partial charge in [-0.2, -0.15) is 0 Å². The second-order valence-corrected chi connectivity index (χ2v) is 7.10. The molecule has 3 nitrogen and oxygen atoms in total. The Morgan fingerprint density at radius 3 is 2.65 bits per heavy atom. The Balaban J connectivity index is 0.00000192.